The van der Waals surface area contributed by atoms with E-state index in [2.05, 4.69) is 4.98 Å². The van der Waals surface area contributed by atoms with Gasteiger partial charge in [-0.3, -0.25) is 4.79 Å². The SMILES string of the molecule is Cc1ccc(C(=O)c2cccc(/C=C/C3OCO3)n2)cc1. The summed E-state index contributed by atoms with van der Waals surface area (Å²) in [5.41, 5.74) is 2.89. The Morgan fingerprint density at radius 1 is 1.19 bits per heavy atom. The second kappa shape index (κ2) is 5.99. The fourth-order valence-electron chi connectivity index (χ4n) is 1.96. The van der Waals surface area contributed by atoms with Crippen LogP contribution in [0.4, 0.5) is 0 Å². The van der Waals surface area contributed by atoms with Crippen molar-refractivity contribution < 1.29 is 14.3 Å². The number of rotatable bonds is 4. The Morgan fingerprint density at radius 2 is 1.95 bits per heavy atom. The highest BCUT2D eigenvalue weighted by molar-refractivity contribution is 6.07. The summed E-state index contributed by atoms with van der Waals surface area (Å²) in [7, 11) is 0. The van der Waals surface area contributed by atoms with Gasteiger partial charge in [-0.05, 0) is 31.2 Å². The first-order valence-electron chi connectivity index (χ1n) is 6.72. The molecule has 1 aliphatic heterocycles. The predicted molar refractivity (Wildman–Crippen MR) is 78.7 cm³/mol. The third-order valence-corrected chi connectivity index (χ3v) is 3.21. The number of aromatic nitrogens is 1. The predicted octanol–water partition coefficient (Wildman–Crippen LogP) is 2.96. The molecule has 1 aromatic heterocycles. The molecule has 4 heteroatoms. The van der Waals surface area contributed by atoms with Crippen LogP contribution in [0.5, 0.6) is 0 Å². The molecule has 4 nitrogen and oxygen atoms in total. The zero-order valence-corrected chi connectivity index (χ0v) is 11.7. The second-order valence-electron chi connectivity index (χ2n) is 4.82. The largest absolute Gasteiger partial charge is 0.323 e. The molecule has 0 bridgehead atoms. The first-order valence-corrected chi connectivity index (χ1v) is 6.72. The highest BCUT2D eigenvalue weighted by Crippen LogP contribution is 2.13. The van der Waals surface area contributed by atoms with Gasteiger partial charge in [-0.15, -0.1) is 0 Å². The third-order valence-electron chi connectivity index (χ3n) is 3.21. The Labute approximate surface area is 123 Å². The molecule has 0 saturated carbocycles. The molecule has 1 aromatic carbocycles. The number of carbonyl (C=O) groups excluding carboxylic acids is 1. The van der Waals surface area contributed by atoms with Gasteiger partial charge in [0.05, 0.1) is 5.69 Å². The van der Waals surface area contributed by atoms with Crippen LogP contribution in [0.3, 0.4) is 0 Å². The van der Waals surface area contributed by atoms with E-state index in [-0.39, 0.29) is 12.1 Å². The van der Waals surface area contributed by atoms with Gasteiger partial charge in [0.15, 0.2) is 13.1 Å². The molecule has 0 atom stereocenters. The lowest BCUT2D eigenvalue weighted by Crippen LogP contribution is -2.27. The van der Waals surface area contributed by atoms with E-state index in [1.165, 1.54) is 0 Å². The van der Waals surface area contributed by atoms with Crippen LogP contribution in [0.25, 0.3) is 6.08 Å². The van der Waals surface area contributed by atoms with Crippen molar-refractivity contribution in [2.75, 3.05) is 6.79 Å². The van der Waals surface area contributed by atoms with Crippen LogP contribution in [-0.2, 0) is 9.47 Å². The first-order chi connectivity index (χ1) is 10.2. The molecule has 1 fully saturated rings. The molecule has 21 heavy (non-hydrogen) atoms. The van der Waals surface area contributed by atoms with Gasteiger partial charge in [-0.25, -0.2) is 4.98 Å². The van der Waals surface area contributed by atoms with Crippen LogP contribution in [0.15, 0.2) is 48.5 Å². The van der Waals surface area contributed by atoms with E-state index >= 15 is 0 Å². The Kier molecular flexibility index (Phi) is 3.90. The van der Waals surface area contributed by atoms with Crippen molar-refractivity contribution in [3.63, 3.8) is 0 Å². The summed E-state index contributed by atoms with van der Waals surface area (Å²) in [6.45, 7) is 2.32. The highest BCUT2D eigenvalue weighted by Gasteiger charge is 2.14. The molecule has 0 spiro atoms. The lowest BCUT2D eigenvalue weighted by atomic mass is 10.1. The summed E-state index contributed by atoms with van der Waals surface area (Å²) in [6.07, 6.45) is 3.25. The molecular weight excluding hydrogens is 266 g/mol. The second-order valence-corrected chi connectivity index (χ2v) is 4.82. The van der Waals surface area contributed by atoms with Crippen molar-refractivity contribution in [3.05, 3.63) is 71.1 Å². The van der Waals surface area contributed by atoms with Gasteiger partial charge in [-0.1, -0.05) is 35.9 Å². The van der Waals surface area contributed by atoms with E-state index in [0.717, 1.165) is 5.56 Å². The van der Waals surface area contributed by atoms with Gasteiger partial charge in [0, 0.05) is 5.56 Å². The molecule has 0 radical (unpaired) electrons. The summed E-state index contributed by atoms with van der Waals surface area (Å²) < 4.78 is 10.2. The normalized spacial score (nSPS) is 15.1. The molecule has 0 amide bonds. The van der Waals surface area contributed by atoms with E-state index in [9.17, 15) is 4.79 Å². The minimum absolute atomic E-state index is 0.0820. The topological polar surface area (TPSA) is 48.4 Å². The van der Waals surface area contributed by atoms with Crippen molar-refractivity contribution >= 4 is 11.9 Å². The lowest BCUT2D eigenvalue weighted by Gasteiger charge is -2.23. The smallest absolute Gasteiger partial charge is 0.211 e. The van der Waals surface area contributed by atoms with Crippen molar-refractivity contribution in [2.45, 2.75) is 13.2 Å². The molecule has 2 heterocycles. The summed E-state index contributed by atoms with van der Waals surface area (Å²) in [4.78, 5) is 16.7. The number of benzene rings is 1. The maximum Gasteiger partial charge on any atom is 0.211 e. The maximum absolute atomic E-state index is 12.4. The Hall–Kier alpha value is -2.30. The van der Waals surface area contributed by atoms with Crippen LogP contribution in [0.2, 0.25) is 0 Å². The Bertz CT molecular complexity index is 673. The quantitative estimate of drug-likeness (QED) is 0.808. The van der Waals surface area contributed by atoms with E-state index in [1.54, 1.807) is 18.2 Å². The standard InChI is InChI=1S/C17H15NO3/c1-12-5-7-13(8-6-12)17(19)15-4-2-3-14(18-15)9-10-16-20-11-21-16/h2-10,16H,11H2,1H3/b10-9+. The number of aryl methyl sites for hydroxylation is 1. The Morgan fingerprint density at radius 3 is 2.62 bits per heavy atom. The molecule has 0 N–H and O–H groups in total. The molecular formula is C17H15NO3. The van der Waals surface area contributed by atoms with Crippen molar-refractivity contribution in [1.29, 1.82) is 0 Å². The Balaban J connectivity index is 1.79. The van der Waals surface area contributed by atoms with Crippen molar-refractivity contribution in [2.24, 2.45) is 0 Å². The number of ether oxygens (including phenoxy) is 2. The van der Waals surface area contributed by atoms with Gasteiger partial charge in [0.25, 0.3) is 0 Å². The molecule has 2 aromatic rings. The van der Waals surface area contributed by atoms with E-state index in [4.69, 9.17) is 9.47 Å². The number of hydrogen-bond acceptors (Lipinski definition) is 4. The van der Waals surface area contributed by atoms with Gasteiger partial charge in [-0.2, -0.15) is 0 Å². The number of ketones is 1. The molecule has 0 aliphatic carbocycles. The summed E-state index contributed by atoms with van der Waals surface area (Å²) in [5.74, 6) is -0.0820. The third kappa shape index (κ3) is 3.24. The van der Waals surface area contributed by atoms with Gasteiger partial charge >= 0.3 is 0 Å². The minimum Gasteiger partial charge on any atom is -0.323 e. The highest BCUT2D eigenvalue weighted by atomic mass is 16.8. The molecule has 1 saturated heterocycles. The van der Waals surface area contributed by atoms with Gasteiger partial charge < -0.3 is 9.47 Å². The number of nitrogens with zero attached hydrogens (tertiary/aromatic N) is 1. The maximum atomic E-state index is 12.4. The van der Waals surface area contributed by atoms with E-state index < -0.39 is 0 Å². The zero-order valence-electron chi connectivity index (χ0n) is 11.7. The minimum atomic E-state index is -0.303. The summed E-state index contributed by atoms with van der Waals surface area (Å²) in [5, 5.41) is 0. The van der Waals surface area contributed by atoms with Crippen LogP contribution in [-0.4, -0.2) is 23.9 Å². The van der Waals surface area contributed by atoms with E-state index in [1.807, 2.05) is 43.3 Å². The van der Waals surface area contributed by atoms with E-state index in [0.29, 0.717) is 23.7 Å². The number of pyridine rings is 1. The number of carbonyl (C=O) groups is 1. The average molecular weight is 281 g/mol. The molecule has 1 aliphatic rings. The van der Waals surface area contributed by atoms with Gasteiger partial charge in [0.1, 0.15) is 5.69 Å². The monoisotopic (exact) mass is 281 g/mol. The molecule has 3 rings (SSSR count). The summed E-state index contributed by atoms with van der Waals surface area (Å²) in [6, 6.07) is 12.8. The molecule has 0 unspecified atom stereocenters. The van der Waals surface area contributed by atoms with Crippen LogP contribution < -0.4 is 0 Å². The van der Waals surface area contributed by atoms with Gasteiger partial charge in [0.2, 0.25) is 5.78 Å². The fourth-order valence-corrected chi connectivity index (χ4v) is 1.96. The molecule has 106 valence electrons. The fraction of sp³-hybridized carbons (Fsp3) is 0.176. The lowest BCUT2D eigenvalue weighted by molar-refractivity contribution is -0.295. The number of hydrogen-bond donors (Lipinski definition) is 0. The first kappa shape index (κ1) is 13.7. The van der Waals surface area contributed by atoms with Crippen LogP contribution >= 0.6 is 0 Å². The zero-order chi connectivity index (χ0) is 14.7. The van der Waals surface area contributed by atoms with Crippen molar-refractivity contribution in [1.82, 2.24) is 4.98 Å². The summed E-state index contributed by atoms with van der Waals surface area (Å²) >= 11 is 0. The van der Waals surface area contributed by atoms with Crippen LogP contribution in [0.1, 0.15) is 27.3 Å². The average Bonchev–Trinajstić information content (AvgIpc) is 2.46. The van der Waals surface area contributed by atoms with Crippen molar-refractivity contribution in [3.8, 4) is 0 Å². The van der Waals surface area contributed by atoms with Crippen LogP contribution in [0, 0.1) is 6.92 Å².